The van der Waals surface area contributed by atoms with Crippen LogP contribution in [0.25, 0.3) is 0 Å². The van der Waals surface area contributed by atoms with Gasteiger partial charge in [-0.1, -0.05) is 11.8 Å². The number of rotatable bonds is 2. The quantitative estimate of drug-likeness (QED) is 0.874. The molecule has 0 radical (unpaired) electrons. The van der Waals surface area contributed by atoms with Crippen LogP contribution in [0.1, 0.15) is 0 Å². The van der Waals surface area contributed by atoms with Crippen molar-refractivity contribution in [1.82, 2.24) is 9.97 Å². The molecule has 0 unspecified atom stereocenters. The van der Waals surface area contributed by atoms with E-state index in [1.54, 1.807) is 0 Å². The summed E-state index contributed by atoms with van der Waals surface area (Å²) in [6, 6.07) is 3.35. The van der Waals surface area contributed by atoms with Gasteiger partial charge in [-0.2, -0.15) is 0 Å². The lowest BCUT2D eigenvalue weighted by atomic mass is 10.3. The fourth-order valence-electron chi connectivity index (χ4n) is 1.08. The van der Waals surface area contributed by atoms with E-state index in [1.807, 2.05) is 0 Å². The van der Waals surface area contributed by atoms with Gasteiger partial charge in [0.15, 0.2) is 0 Å². The van der Waals surface area contributed by atoms with Crippen LogP contribution in [-0.2, 0) is 0 Å². The van der Waals surface area contributed by atoms with Gasteiger partial charge >= 0.3 is 0 Å². The molecule has 0 saturated heterocycles. The Bertz CT molecular complexity index is 519. The fourth-order valence-corrected chi connectivity index (χ4v) is 1.86. The van der Waals surface area contributed by atoms with Crippen LogP contribution in [0.4, 0.5) is 14.6 Å². The molecule has 16 heavy (non-hydrogen) atoms. The van der Waals surface area contributed by atoms with Crippen molar-refractivity contribution in [3.05, 3.63) is 42.2 Å². The Morgan fingerprint density at radius 1 is 1.19 bits per heavy atom. The van der Waals surface area contributed by atoms with Gasteiger partial charge in [0.1, 0.15) is 22.5 Å². The molecule has 1 heterocycles. The van der Waals surface area contributed by atoms with E-state index < -0.39 is 11.6 Å². The van der Waals surface area contributed by atoms with E-state index >= 15 is 0 Å². The predicted octanol–water partition coefficient (Wildman–Crippen LogP) is 2.49. The van der Waals surface area contributed by atoms with Crippen molar-refractivity contribution in [3.63, 3.8) is 0 Å². The van der Waals surface area contributed by atoms with Gasteiger partial charge in [-0.15, -0.1) is 0 Å². The maximum absolute atomic E-state index is 13.3. The Balaban J connectivity index is 2.27. The van der Waals surface area contributed by atoms with Gasteiger partial charge in [-0.3, -0.25) is 4.98 Å². The van der Waals surface area contributed by atoms with E-state index in [1.165, 1.54) is 24.5 Å². The largest absolute Gasteiger partial charge is 0.382 e. The highest BCUT2D eigenvalue weighted by molar-refractivity contribution is 7.99. The Morgan fingerprint density at radius 3 is 2.69 bits per heavy atom. The van der Waals surface area contributed by atoms with Crippen molar-refractivity contribution >= 4 is 17.6 Å². The minimum Gasteiger partial charge on any atom is -0.382 e. The van der Waals surface area contributed by atoms with Gasteiger partial charge in [0.25, 0.3) is 0 Å². The summed E-state index contributed by atoms with van der Waals surface area (Å²) in [5.41, 5.74) is 5.43. The minimum atomic E-state index is -0.630. The number of benzene rings is 1. The summed E-state index contributed by atoms with van der Waals surface area (Å²) < 4.78 is 25.9. The van der Waals surface area contributed by atoms with Gasteiger partial charge < -0.3 is 5.73 Å². The fraction of sp³-hybridized carbons (Fsp3) is 0. The van der Waals surface area contributed by atoms with Crippen molar-refractivity contribution in [2.24, 2.45) is 0 Å². The molecule has 0 bridgehead atoms. The SMILES string of the molecule is Nc1cncc(Sc2ccc(F)cc2F)n1. The number of nitrogen functional groups attached to an aromatic ring is 1. The third-order valence-electron chi connectivity index (χ3n) is 1.74. The first-order valence-electron chi connectivity index (χ1n) is 4.35. The molecule has 0 amide bonds. The van der Waals surface area contributed by atoms with Crippen molar-refractivity contribution in [1.29, 1.82) is 0 Å². The summed E-state index contributed by atoms with van der Waals surface area (Å²) in [6.45, 7) is 0. The first-order chi connectivity index (χ1) is 7.65. The van der Waals surface area contributed by atoms with Crippen LogP contribution in [0.5, 0.6) is 0 Å². The lowest BCUT2D eigenvalue weighted by Gasteiger charge is -2.02. The first kappa shape index (κ1) is 10.8. The van der Waals surface area contributed by atoms with Crippen LogP contribution in [0.15, 0.2) is 40.5 Å². The molecule has 0 saturated carbocycles. The zero-order valence-corrected chi connectivity index (χ0v) is 8.84. The molecule has 0 fully saturated rings. The van der Waals surface area contributed by atoms with Gasteiger partial charge in [0, 0.05) is 11.0 Å². The highest BCUT2D eigenvalue weighted by Gasteiger charge is 2.06. The van der Waals surface area contributed by atoms with Crippen molar-refractivity contribution in [2.75, 3.05) is 5.73 Å². The Kier molecular flexibility index (Phi) is 3.00. The highest BCUT2D eigenvalue weighted by Crippen LogP contribution is 2.28. The van der Waals surface area contributed by atoms with E-state index in [0.717, 1.165) is 17.8 Å². The maximum atomic E-state index is 13.3. The molecule has 1 aromatic carbocycles. The molecule has 0 aliphatic rings. The number of hydrogen-bond donors (Lipinski definition) is 1. The summed E-state index contributed by atoms with van der Waals surface area (Å²) in [5, 5.41) is 0.463. The number of nitrogens with two attached hydrogens (primary N) is 1. The van der Waals surface area contributed by atoms with E-state index in [-0.39, 0.29) is 10.7 Å². The Labute approximate surface area is 94.7 Å². The topological polar surface area (TPSA) is 51.8 Å². The average Bonchev–Trinajstić information content (AvgIpc) is 2.22. The maximum Gasteiger partial charge on any atom is 0.143 e. The number of hydrogen-bond acceptors (Lipinski definition) is 4. The molecular weight excluding hydrogens is 232 g/mol. The third kappa shape index (κ3) is 2.46. The summed E-state index contributed by atoms with van der Waals surface area (Å²) in [7, 11) is 0. The van der Waals surface area contributed by atoms with Gasteiger partial charge in [0.2, 0.25) is 0 Å². The molecular formula is C10H7F2N3S. The zero-order chi connectivity index (χ0) is 11.5. The number of halogens is 2. The smallest absolute Gasteiger partial charge is 0.143 e. The highest BCUT2D eigenvalue weighted by atomic mass is 32.2. The molecule has 1 aromatic heterocycles. The summed E-state index contributed by atoms with van der Waals surface area (Å²) in [5.74, 6) is -0.984. The minimum absolute atomic E-state index is 0.257. The van der Waals surface area contributed by atoms with Crippen LogP contribution in [0.2, 0.25) is 0 Å². The third-order valence-corrected chi connectivity index (χ3v) is 2.70. The van der Waals surface area contributed by atoms with E-state index in [2.05, 4.69) is 9.97 Å². The Hall–Kier alpha value is -1.69. The van der Waals surface area contributed by atoms with Crippen LogP contribution in [0, 0.1) is 11.6 Å². The second-order valence-corrected chi connectivity index (χ2v) is 4.02. The molecule has 0 aliphatic heterocycles. The number of nitrogens with zero attached hydrogens (tertiary/aromatic N) is 2. The molecule has 3 nitrogen and oxygen atoms in total. The van der Waals surface area contributed by atoms with Crippen molar-refractivity contribution in [3.8, 4) is 0 Å². The first-order valence-corrected chi connectivity index (χ1v) is 5.17. The van der Waals surface area contributed by atoms with Crippen LogP contribution < -0.4 is 5.73 Å². The standard InChI is InChI=1S/C10H7F2N3S/c11-6-1-2-8(7(12)3-6)16-10-5-14-4-9(13)15-10/h1-5H,(H2,13,15). The monoisotopic (exact) mass is 239 g/mol. The van der Waals surface area contributed by atoms with Crippen molar-refractivity contribution in [2.45, 2.75) is 9.92 Å². The molecule has 6 heteroatoms. The molecule has 0 spiro atoms. The van der Waals surface area contributed by atoms with Crippen molar-refractivity contribution < 1.29 is 8.78 Å². The second-order valence-electron chi connectivity index (χ2n) is 2.96. The second kappa shape index (κ2) is 4.44. The lowest BCUT2D eigenvalue weighted by Crippen LogP contribution is -1.92. The summed E-state index contributed by atoms with van der Waals surface area (Å²) in [4.78, 5) is 8.05. The van der Waals surface area contributed by atoms with Crippen LogP contribution in [0.3, 0.4) is 0 Å². The molecule has 2 aromatic rings. The van der Waals surface area contributed by atoms with Gasteiger partial charge in [0.05, 0.1) is 12.4 Å². The zero-order valence-electron chi connectivity index (χ0n) is 8.02. The average molecular weight is 239 g/mol. The van der Waals surface area contributed by atoms with Crippen LogP contribution >= 0.6 is 11.8 Å². The number of aromatic nitrogens is 2. The molecule has 2 rings (SSSR count). The van der Waals surface area contributed by atoms with E-state index in [0.29, 0.717) is 5.03 Å². The lowest BCUT2D eigenvalue weighted by molar-refractivity contribution is 0.565. The van der Waals surface area contributed by atoms with Gasteiger partial charge in [-0.05, 0) is 12.1 Å². The van der Waals surface area contributed by atoms with E-state index in [9.17, 15) is 8.78 Å². The Morgan fingerprint density at radius 2 is 2.00 bits per heavy atom. The molecule has 82 valence electrons. The van der Waals surface area contributed by atoms with Crippen LogP contribution in [-0.4, -0.2) is 9.97 Å². The van der Waals surface area contributed by atoms with Gasteiger partial charge in [-0.25, -0.2) is 13.8 Å². The summed E-state index contributed by atoms with van der Waals surface area (Å²) in [6.07, 6.45) is 2.86. The number of anilines is 1. The molecule has 0 aliphatic carbocycles. The molecule has 0 atom stereocenters. The predicted molar refractivity (Wildman–Crippen MR) is 56.9 cm³/mol. The molecule has 2 N–H and O–H groups in total. The van der Waals surface area contributed by atoms with E-state index in [4.69, 9.17) is 5.73 Å². The normalized spacial score (nSPS) is 10.4. The summed E-state index contributed by atoms with van der Waals surface area (Å²) >= 11 is 1.04.